The fourth-order valence-corrected chi connectivity index (χ4v) is 2.10. The van der Waals surface area contributed by atoms with Gasteiger partial charge in [0.2, 0.25) is 0 Å². The molecule has 0 aliphatic rings. The summed E-state index contributed by atoms with van der Waals surface area (Å²) in [6.07, 6.45) is 6.12. The number of fused-ring (bicyclic) bond motifs is 1. The number of rotatable bonds is 6. The van der Waals surface area contributed by atoms with Crippen LogP contribution in [0.25, 0.3) is 10.9 Å². The van der Waals surface area contributed by atoms with Crippen molar-refractivity contribution in [2.45, 2.75) is 32.2 Å². The van der Waals surface area contributed by atoms with E-state index in [0.717, 1.165) is 43.1 Å². The molecule has 0 aliphatic heterocycles. The molecule has 0 bridgehead atoms. The highest BCUT2D eigenvalue weighted by Gasteiger charge is 2.01. The van der Waals surface area contributed by atoms with Crippen LogP contribution < -0.4 is 0 Å². The third-order valence-corrected chi connectivity index (χ3v) is 3.04. The molecule has 3 heteroatoms. The Morgan fingerprint density at radius 2 is 1.88 bits per heavy atom. The van der Waals surface area contributed by atoms with E-state index >= 15 is 0 Å². The third-order valence-electron chi connectivity index (χ3n) is 3.04. The summed E-state index contributed by atoms with van der Waals surface area (Å²) in [7, 11) is 0. The molecular formula is C14H18FNO. The molecule has 1 N–H and O–H groups in total. The van der Waals surface area contributed by atoms with Gasteiger partial charge in [-0.05, 0) is 42.5 Å². The smallest absolute Gasteiger partial charge is 0.125 e. The summed E-state index contributed by atoms with van der Waals surface area (Å²) in [5, 5.41) is 9.76. The SMILES string of the molecule is OCCCCCCn1ccc2ccc(F)cc21. The van der Waals surface area contributed by atoms with Crippen molar-refractivity contribution >= 4 is 10.9 Å². The Kier molecular flexibility index (Phi) is 4.15. The summed E-state index contributed by atoms with van der Waals surface area (Å²) < 4.78 is 15.2. The van der Waals surface area contributed by atoms with Gasteiger partial charge >= 0.3 is 0 Å². The highest BCUT2D eigenvalue weighted by molar-refractivity contribution is 5.80. The van der Waals surface area contributed by atoms with E-state index < -0.39 is 0 Å². The Labute approximate surface area is 101 Å². The molecule has 92 valence electrons. The first kappa shape index (κ1) is 12.1. The molecule has 2 rings (SSSR count). The van der Waals surface area contributed by atoms with Crippen LogP contribution in [0.2, 0.25) is 0 Å². The van der Waals surface area contributed by atoms with Crippen molar-refractivity contribution in [2.24, 2.45) is 0 Å². The molecule has 2 nitrogen and oxygen atoms in total. The highest BCUT2D eigenvalue weighted by atomic mass is 19.1. The van der Waals surface area contributed by atoms with Gasteiger partial charge < -0.3 is 9.67 Å². The number of aliphatic hydroxyl groups excluding tert-OH is 1. The van der Waals surface area contributed by atoms with Crippen LogP contribution in [-0.4, -0.2) is 16.3 Å². The summed E-state index contributed by atoms with van der Waals surface area (Å²) in [5.41, 5.74) is 0.965. The van der Waals surface area contributed by atoms with Crippen LogP contribution in [0.15, 0.2) is 30.5 Å². The first-order valence-corrected chi connectivity index (χ1v) is 6.16. The van der Waals surface area contributed by atoms with Crippen LogP contribution in [-0.2, 0) is 6.54 Å². The van der Waals surface area contributed by atoms with E-state index in [2.05, 4.69) is 4.57 Å². The lowest BCUT2D eigenvalue weighted by molar-refractivity contribution is 0.282. The number of halogens is 1. The van der Waals surface area contributed by atoms with Crippen molar-refractivity contribution < 1.29 is 9.50 Å². The number of hydrogen-bond donors (Lipinski definition) is 1. The number of aryl methyl sites for hydroxylation is 1. The molecule has 0 amide bonds. The fraction of sp³-hybridized carbons (Fsp3) is 0.429. The minimum absolute atomic E-state index is 0.183. The number of hydrogen-bond acceptors (Lipinski definition) is 1. The monoisotopic (exact) mass is 235 g/mol. The van der Waals surface area contributed by atoms with Gasteiger partial charge in [-0.15, -0.1) is 0 Å². The quantitative estimate of drug-likeness (QED) is 0.763. The van der Waals surface area contributed by atoms with Crippen LogP contribution in [0.5, 0.6) is 0 Å². The standard InChI is InChI=1S/C14H18FNO/c15-13-6-5-12-7-9-16(14(12)11-13)8-3-1-2-4-10-17/h5-7,9,11,17H,1-4,8,10H2. The van der Waals surface area contributed by atoms with Gasteiger partial charge in [-0.3, -0.25) is 0 Å². The predicted octanol–water partition coefficient (Wildman–Crippen LogP) is 3.33. The van der Waals surface area contributed by atoms with Gasteiger partial charge in [0.15, 0.2) is 0 Å². The third kappa shape index (κ3) is 3.07. The molecule has 17 heavy (non-hydrogen) atoms. The molecule has 0 spiro atoms. The summed E-state index contributed by atoms with van der Waals surface area (Å²) in [6.45, 7) is 1.19. The number of aliphatic hydroxyl groups is 1. The van der Waals surface area contributed by atoms with Gasteiger partial charge in [0, 0.05) is 19.3 Å². The van der Waals surface area contributed by atoms with Crippen LogP contribution >= 0.6 is 0 Å². The van der Waals surface area contributed by atoms with Crippen molar-refractivity contribution in [2.75, 3.05) is 6.61 Å². The summed E-state index contributed by atoms with van der Waals surface area (Å²) in [6, 6.07) is 6.91. The molecular weight excluding hydrogens is 217 g/mol. The largest absolute Gasteiger partial charge is 0.396 e. The molecule has 0 fully saturated rings. The number of benzene rings is 1. The normalized spacial score (nSPS) is 11.2. The zero-order chi connectivity index (χ0) is 12.1. The summed E-state index contributed by atoms with van der Waals surface area (Å²) >= 11 is 0. The average molecular weight is 235 g/mol. The molecule has 0 saturated heterocycles. The molecule has 2 aromatic rings. The Morgan fingerprint density at radius 3 is 2.71 bits per heavy atom. The Morgan fingerprint density at radius 1 is 1.06 bits per heavy atom. The van der Waals surface area contributed by atoms with Gasteiger partial charge in [0.05, 0.1) is 5.52 Å². The summed E-state index contributed by atoms with van der Waals surface area (Å²) in [5.74, 6) is -0.183. The number of nitrogens with zero attached hydrogens (tertiary/aromatic N) is 1. The molecule has 0 atom stereocenters. The van der Waals surface area contributed by atoms with Crippen molar-refractivity contribution in [1.82, 2.24) is 4.57 Å². The lowest BCUT2D eigenvalue weighted by Gasteiger charge is -2.05. The fourth-order valence-electron chi connectivity index (χ4n) is 2.10. The van der Waals surface area contributed by atoms with Crippen molar-refractivity contribution in [3.05, 3.63) is 36.3 Å². The van der Waals surface area contributed by atoms with Crippen molar-refractivity contribution in [3.8, 4) is 0 Å². The van der Waals surface area contributed by atoms with E-state index in [1.165, 1.54) is 6.07 Å². The molecule has 0 radical (unpaired) electrons. The van der Waals surface area contributed by atoms with E-state index in [1.807, 2.05) is 18.3 Å². The van der Waals surface area contributed by atoms with Crippen molar-refractivity contribution in [1.29, 1.82) is 0 Å². The maximum absolute atomic E-state index is 13.1. The molecule has 0 unspecified atom stereocenters. The molecule has 1 heterocycles. The van der Waals surface area contributed by atoms with Crippen LogP contribution in [0.1, 0.15) is 25.7 Å². The average Bonchev–Trinajstić information content (AvgIpc) is 2.72. The van der Waals surface area contributed by atoms with Crippen LogP contribution in [0, 0.1) is 5.82 Å². The lowest BCUT2D eigenvalue weighted by atomic mass is 10.2. The second kappa shape index (κ2) is 5.82. The molecule has 0 saturated carbocycles. The lowest BCUT2D eigenvalue weighted by Crippen LogP contribution is -1.96. The zero-order valence-electron chi connectivity index (χ0n) is 9.90. The van der Waals surface area contributed by atoms with E-state index in [-0.39, 0.29) is 12.4 Å². The maximum Gasteiger partial charge on any atom is 0.125 e. The Hall–Kier alpha value is -1.35. The van der Waals surface area contributed by atoms with E-state index in [1.54, 1.807) is 6.07 Å². The maximum atomic E-state index is 13.1. The van der Waals surface area contributed by atoms with Gasteiger partial charge in [-0.25, -0.2) is 4.39 Å². The second-order valence-electron chi connectivity index (χ2n) is 4.35. The first-order valence-electron chi connectivity index (χ1n) is 6.16. The van der Waals surface area contributed by atoms with Gasteiger partial charge in [-0.1, -0.05) is 12.8 Å². The Bertz CT molecular complexity index is 478. The van der Waals surface area contributed by atoms with Gasteiger partial charge in [0.25, 0.3) is 0 Å². The van der Waals surface area contributed by atoms with Gasteiger partial charge in [0.1, 0.15) is 5.82 Å². The van der Waals surface area contributed by atoms with E-state index in [0.29, 0.717) is 0 Å². The molecule has 1 aromatic carbocycles. The highest BCUT2D eigenvalue weighted by Crippen LogP contribution is 2.17. The molecule has 0 aliphatic carbocycles. The van der Waals surface area contributed by atoms with E-state index in [9.17, 15) is 4.39 Å². The second-order valence-corrected chi connectivity index (χ2v) is 4.35. The Balaban J connectivity index is 1.96. The minimum atomic E-state index is -0.183. The summed E-state index contributed by atoms with van der Waals surface area (Å²) in [4.78, 5) is 0. The van der Waals surface area contributed by atoms with Gasteiger partial charge in [-0.2, -0.15) is 0 Å². The first-order chi connectivity index (χ1) is 8.31. The number of unbranched alkanes of at least 4 members (excludes halogenated alkanes) is 3. The minimum Gasteiger partial charge on any atom is -0.396 e. The zero-order valence-corrected chi connectivity index (χ0v) is 9.90. The van der Waals surface area contributed by atoms with Crippen molar-refractivity contribution in [3.63, 3.8) is 0 Å². The molecule has 1 aromatic heterocycles. The number of aromatic nitrogens is 1. The van der Waals surface area contributed by atoms with Crippen LogP contribution in [0.3, 0.4) is 0 Å². The topological polar surface area (TPSA) is 25.2 Å². The van der Waals surface area contributed by atoms with E-state index in [4.69, 9.17) is 5.11 Å². The van der Waals surface area contributed by atoms with Crippen LogP contribution in [0.4, 0.5) is 4.39 Å². The predicted molar refractivity (Wildman–Crippen MR) is 67.4 cm³/mol.